The zero-order valence-electron chi connectivity index (χ0n) is 7.80. The first kappa shape index (κ1) is 8.69. The van der Waals surface area contributed by atoms with Crippen molar-refractivity contribution in [1.29, 1.82) is 0 Å². The van der Waals surface area contributed by atoms with Crippen LogP contribution in [0.2, 0.25) is 0 Å². The number of hydrogen-bond acceptors (Lipinski definition) is 2. The summed E-state index contributed by atoms with van der Waals surface area (Å²) in [5.41, 5.74) is 2.15. The molecule has 0 N–H and O–H groups in total. The van der Waals surface area contributed by atoms with Crippen LogP contribution in [-0.2, 0) is 6.54 Å². The zero-order chi connectivity index (χ0) is 9.80. The van der Waals surface area contributed by atoms with Crippen LogP contribution in [0.3, 0.4) is 0 Å². The molecule has 14 heavy (non-hydrogen) atoms. The summed E-state index contributed by atoms with van der Waals surface area (Å²) in [4.78, 5) is 0. The molecule has 3 heteroatoms. The first-order valence-electron chi connectivity index (χ1n) is 4.45. The Bertz CT molecular complexity index is 417. The fourth-order valence-corrected chi connectivity index (χ4v) is 1.30. The quantitative estimate of drug-likeness (QED) is 0.732. The Morgan fingerprint density at radius 2 is 2.07 bits per heavy atom. The molecule has 1 aromatic carbocycles. The molecule has 0 radical (unpaired) electrons. The molecule has 0 aliphatic carbocycles. The normalized spacial score (nSPS) is 10.0. The highest BCUT2D eigenvalue weighted by Gasteiger charge is 1.99. The van der Waals surface area contributed by atoms with Crippen LogP contribution in [0.15, 0.2) is 43.1 Å². The second kappa shape index (κ2) is 3.87. The van der Waals surface area contributed by atoms with Crippen molar-refractivity contribution in [1.82, 2.24) is 15.0 Å². The van der Waals surface area contributed by atoms with Gasteiger partial charge in [0.05, 0.1) is 18.4 Å². The summed E-state index contributed by atoms with van der Waals surface area (Å²) in [5, 5.41) is 7.81. The number of rotatable bonds is 3. The van der Waals surface area contributed by atoms with Gasteiger partial charge >= 0.3 is 0 Å². The Kier molecular flexibility index (Phi) is 2.40. The highest BCUT2D eigenvalue weighted by atomic mass is 15.4. The largest absolute Gasteiger partial charge is 0.241 e. The summed E-state index contributed by atoms with van der Waals surface area (Å²) < 4.78 is 1.82. The number of benzene rings is 1. The van der Waals surface area contributed by atoms with Gasteiger partial charge in [-0.1, -0.05) is 42.1 Å². The van der Waals surface area contributed by atoms with Crippen LogP contribution in [0.1, 0.15) is 11.3 Å². The molecule has 0 aliphatic heterocycles. The number of nitrogens with zero attached hydrogens (tertiary/aromatic N) is 3. The standard InChI is InChI=1S/C11H11N3/c1-2-11-8-12-13-14(11)9-10-6-4-3-5-7-10/h2-8H,1,9H2. The van der Waals surface area contributed by atoms with Gasteiger partial charge < -0.3 is 0 Å². The molecule has 0 spiro atoms. The molecule has 2 rings (SSSR count). The predicted octanol–water partition coefficient (Wildman–Crippen LogP) is 1.97. The Morgan fingerprint density at radius 3 is 2.79 bits per heavy atom. The number of aromatic nitrogens is 3. The third-order valence-corrected chi connectivity index (χ3v) is 2.03. The molecule has 0 aliphatic rings. The first-order valence-corrected chi connectivity index (χ1v) is 4.45. The minimum atomic E-state index is 0.738. The van der Waals surface area contributed by atoms with E-state index in [-0.39, 0.29) is 0 Å². The molecule has 3 nitrogen and oxygen atoms in total. The maximum Gasteiger partial charge on any atom is 0.0811 e. The van der Waals surface area contributed by atoms with Gasteiger partial charge in [0.1, 0.15) is 0 Å². The molecule has 2 aromatic rings. The Balaban J connectivity index is 2.23. The summed E-state index contributed by atoms with van der Waals surface area (Å²) >= 11 is 0. The van der Waals surface area contributed by atoms with Gasteiger partial charge in [-0.3, -0.25) is 0 Å². The second-order valence-electron chi connectivity index (χ2n) is 3.01. The lowest BCUT2D eigenvalue weighted by Crippen LogP contribution is -2.03. The maximum absolute atomic E-state index is 3.98. The minimum Gasteiger partial charge on any atom is -0.241 e. The average Bonchev–Trinajstić information content (AvgIpc) is 2.67. The molecule has 1 heterocycles. The molecule has 70 valence electrons. The summed E-state index contributed by atoms with van der Waals surface area (Å²) in [6, 6.07) is 10.2. The van der Waals surface area contributed by atoms with E-state index in [9.17, 15) is 0 Å². The highest BCUT2D eigenvalue weighted by molar-refractivity contribution is 5.39. The van der Waals surface area contributed by atoms with Crippen LogP contribution in [-0.4, -0.2) is 15.0 Å². The van der Waals surface area contributed by atoms with Crippen molar-refractivity contribution in [2.45, 2.75) is 6.54 Å². The van der Waals surface area contributed by atoms with Crippen molar-refractivity contribution in [3.8, 4) is 0 Å². The van der Waals surface area contributed by atoms with Crippen LogP contribution >= 0.6 is 0 Å². The molecule has 0 bridgehead atoms. The van der Waals surface area contributed by atoms with Crippen molar-refractivity contribution >= 4 is 6.08 Å². The third-order valence-electron chi connectivity index (χ3n) is 2.03. The number of hydrogen-bond donors (Lipinski definition) is 0. The SMILES string of the molecule is C=Cc1cnnn1Cc1ccccc1. The molecular formula is C11H11N3. The molecule has 0 unspecified atom stereocenters. The van der Waals surface area contributed by atoms with Crippen molar-refractivity contribution in [2.75, 3.05) is 0 Å². The van der Waals surface area contributed by atoms with Crippen LogP contribution < -0.4 is 0 Å². The fraction of sp³-hybridized carbons (Fsp3) is 0.0909. The van der Waals surface area contributed by atoms with E-state index in [1.807, 2.05) is 22.9 Å². The molecule has 0 saturated heterocycles. The molecule has 1 aromatic heterocycles. The summed E-state index contributed by atoms with van der Waals surface area (Å²) in [6.45, 7) is 4.44. The van der Waals surface area contributed by atoms with E-state index in [1.54, 1.807) is 12.3 Å². The minimum absolute atomic E-state index is 0.738. The monoisotopic (exact) mass is 185 g/mol. The lowest BCUT2D eigenvalue weighted by atomic mass is 10.2. The van der Waals surface area contributed by atoms with E-state index < -0.39 is 0 Å². The van der Waals surface area contributed by atoms with Gasteiger partial charge in [0.25, 0.3) is 0 Å². The van der Waals surface area contributed by atoms with Crippen LogP contribution in [0.4, 0.5) is 0 Å². The van der Waals surface area contributed by atoms with E-state index in [1.165, 1.54) is 5.56 Å². The van der Waals surface area contributed by atoms with Gasteiger partial charge in [-0.25, -0.2) is 4.68 Å². The third kappa shape index (κ3) is 1.71. The average molecular weight is 185 g/mol. The van der Waals surface area contributed by atoms with E-state index >= 15 is 0 Å². The molecule has 0 fully saturated rings. The van der Waals surface area contributed by atoms with Crippen molar-refractivity contribution in [2.24, 2.45) is 0 Å². The lowest BCUT2D eigenvalue weighted by Gasteiger charge is -2.02. The van der Waals surface area contributed by atoms with E-state index in [0.717, 1.165) is 12.2 Å². The van der Waals surface area contributed by atoms with Crippen molar-refractivity contribution in [3.63, 3.8) is 0 Å². The van der Waals surface area contributed by atoms with E-state index in [2.05, 4.69) is 29.0 Å². The van der Waals surface area contributed by atoms with Crippen molar-refractivity contribution < 1.29 is 0 Å². The summed E-state index contributed by atoms with van der Waals surface area (Å²) in [5.74, 6) is 0. The van der Waals surface area contributed by atoms with Crippen LogP contribution in [0.25, 0.3) is 6.08 Å². The summed E-state index contributed by atoms with van der Waals surface area (Å²) in [7, 11) is 0. The van der Waals surface area contributed by atoms with Gasteiger partial charge in [-0.2, -0.15) is 0 Å². The first-order chi connectivity index (χ1) is 6.90. The van der Waals surface area contributed by atoms with Gasteiger partial charge in [-0.15, -0.1) is 5.10 Å². The smallest absolute Gasteiger partial charge is 0.0811 e. The Hall–Kier alpha value is -1.90. The van der Waals surface area contributed by atoms with Gasteiger partial charge in [0.2, 0.25) is 0 Å². The van der Waals surface area contributed by atoms with Crippen LogP contribution in [0.5, 0.6) is 0 Å². The summed E-state index contributed by atoms with van der Waals surface area (Å²) in [6.07, 6.45) is 3.46. The Labute approximate surface area is 82.7 Å². The molecule has 0 amide bonds. The molecule has 0 atom stereocenters. The Morgan fingerprint density at radius 1 is 1.29 bits per heavy atom. The van der Waals surface area contributed by atoms with Crippen LogP contribution in [0, 0.1) is 0 Å². The van der Waals surface area contributed by atoms with Gasteiger partial charge in [0, 0.05) is 0 Å². The topological polar surface area (TPSA) is 30.7 Å². The zero-order valence-corrected chi connectivity index (χ0v) is 7.80. The van der Waals surface area contributed by atoms with E-state index in [4.69, 9.17) is 0 Å². The van der Waals surface area contributed by atoms with Gasteiger partial charge in [-0.05, 0) is 11.6 Å². The fourth-order valence-electron chi connectivity index (χ4n) is 1.30. The highest BCUT2D eigenvalue weighted by Crippen LogP contribution is 2.04. The lowest BCUT2D eigenvalue weighted by molar-refractivity contribution is 0.645. The maximum atomic E-state index is 3.98. The molecule has 0 saturated carbocycles. The van der Waals surface area contributed by atoms with Crippen molar-refractivity contribution in [3.05, 3.63) is 54.4 Å². The molecular weight excluding hydrogens is 174 g/mol. The predicted molar refractivity (Wildman–Crippen MR) is 55.7 cm³/mol. The van der Waals surface area contributed by atoms with Gasteiger partial charge in [0.15, 0.2) is 0 Å². The second-order valence-corrected chi connectivity index (χ2v) is 3.01. The van der Waals surface area contributed by atoms with E-state index in [0.29, 0.717) is 0 Å².